The molecule has 6 nitrogen and oxygen atoms in total. The first kappa shape index (κ1) is 21.2. The minimum absolute atomic E-state index is 0.0280. The summed E-state index contributed by atoms with van der Waals surface area (Å²) in [5.41, 5.74) is 3.23. The fourth-order valence-electron chi connectivity index (χ4n) is 2.68. The van der Waals surface area contributed by atoms with E-state index in [0.29, 0.717) is 11.3 Å². The quantitative estimate of drug-likeness (QED) is 0.719. The van der Waals surface area contributed by atoms with Gasteiger partial charge in [-0.3, -0.25) is 14.4 Å². The molecule has 2 unspecified atom stereocenters. The van der Waals surface area contributed by atoms with Crippen LogP contribution in [0.5, 0.6) is 0 Å². The van der Waals surface area contributed by atoms with Gasteiger partial charge in [-0.25, -0.2) is 0 Å². The monoisotopic (exact) mass is 382 g/mol. The molecule has 0 saturated heterocycles. The third-order valence-electron chi connectivity index (χ3n) is 4.20. The van der Waals surface area contributed by atoms with E-state index in [0.717, 1.165) is 11.1 Å². The van der Waals surface area contributed by atoms with E-state index in [2.05, 4.69) is 10.6 Å². The Balaban J connectivity index is 1.82. The summed E-state index contributed by atoms with van der Waals surface area (Å²) in [6, 6.07) is 14.0. The SMILES string of the molecule is Cc1ccc(NC(=O)C(C)OC(=O)CC(C)NC(=O)c2ccccc2)c(C)c1. The zero-order valence-electron chi connectivity index (χ0n) is 16.6. The first-order valence-corrected chi connectivity index (χ1v) is 9.19. The number of carbonyl (C=O) groups excluding carboxylic acids is 3. The molecule has 0 saturated carbocycles. The van der Waals surface area contributed by atoms with E-state index in [4.69, 9.17) is 4.74 Å². The van der Waals surface area contributed by atoms with Crippen molar-refractivity contribution in [3.8, 4) is 0 Å². The first-order valence-electron chi connectivity index (χ1n) is 9.19. The van der Waals surface area contributed by atoms with E-state index in [9.17, 15) is 14.4 Å². The average Bonchev–Trinajstić information content (AvgIpc) is 2.64. The highest BCUT2D eigenvalue weighted by atomic mass is 16.5. The molecule has 0 aliphatic rings. The van der Waals surface area contributed by atoms with Crippen molar-refractivity contribution in [3.63, 3.8) is 0 Å². The van der Waals surface area contributed by atoms with E-state index >= 15 is 0 Å². The van der Waals surface area contributed by atoms with Crippen molar-refractivity contribution in [2.45, 2.75) is 46.3 Å². The third kappa shape index (κ3) is 6.23. The lowest BCUT2D eigenvalue weighted by molar-refractivity contribution is -0.153. The van der Waals surface area contributed by atoms with Crippen LogP contribution < -0.4 is 10.6 Å². The molecule has 0 fully saturated rings. The van der Waals surface area contributed by atoms with Crippen LogP contribution in [0.4, 0.5) is 5.69 Å². The molecular weight excluding hydrogens is 356 g/mol. The van der Waals surface area contributed by atoms with Gasteiger partial charge in [0, 0.05) is 17.3 Å². The lowest BCUT2D eigenvalue weighted by Gasteiger charge is -2.17. The highest BCUT2D eigenvalue weighted by Crippen LogP contribution is 2.16. The number of anilines is 1. The number of aryl methyl sites for hydroxylation is 2. The number of nitrogens with one attached hydrogen (secondary N) is 2. The van der Waals surface area contributed by atoms with Crippen LogP contribution in [0.2, 0.25) is 0 Å². The van der Waals surface area contributed by atoms with Gasteiger partial charge < -0.3 is 15.4 Å². The van der Waals surface area contributed by atoms with Gasteiger partial charge in [-0.15, -0.1) is 0 Å². The molecule has 148 valence electrons. The highest BCUT2D eigenvalue weighted by molar-refractivity contribution is 5.96. The Morgan fingerprint density at radius 1 is 1.00 bits per heavy atom. The summed E-state index contributed by atoms with van der Waals surface area (Å²) >= 11 is 0. The van der Waals surface area contributed by atoms with E-state index in [1.807, 2.05) is 38.1 Å². The first-order chi connectivity index (χ1) is 13.3. The maximum atomic E-state index is 12.3. The normalized spacial score (nSPS) is 12.6. The van der Waals surface area contributed by atoms with Crippen molar-refractivity contribution in [1.82, 2.24) is 5.32 Å². The second-order valence-electron chi connectivity index (χ2n) is 6.88. The topological polar surface area (TPSA) is 84.5 Å². The highest BCUT2D eigenvalue weighted by Gasteiger charge is 2.21. The number of ether oxygens (including phenoxy) is 1. The molecular formula is C22H26N2O4. The van der Waals surface area contributed by atoms with E-state index in [-0.39, 0.29) is 12.3 Å². The van der Waals surface area contributed by atoms with Gasteiger partial charge in [-0.2, -0.15) is 0 Å². The van der Waals surface area contributed by atoms with Crippen molar-refractivity contribution in [3.05, 3.63) is 65.2 Å². The van der Waals surface area contributed by atoms with Gasteiger partial charge >= 0.3 is 5.97 Å². The molecule has 2 aromatic rings. The van der Waals surface area contributed by atoms with E-state index < -0.39 is 24.0 Å². The third-order valence-corrected chi connectivity index (χ3v) is 4.20. The van der Waals surface area contributed by atoms with Gasteiger partial charge in [0.2, 0.25) is 0 Å². The molecule has 0 bridgehead atoms. The van der Waals surface area contributed by atoms with E-state index in [1.165, 1.54) is 6.92 Å². The number of benzene rings is 2. The minimum Gasteiger partial charge on any atom is -0.452 e. The van der Waals surface area contributed by atoms with Crippen LogP contribution in [0, 0.1) is 13.8 Å². The lowest BCUT2D eigenvalue weighted by Crippen LogP contribution is -2.36. The number of hydrogen-bond acceptors (Lipinski definition) is 4. The Bertz CT molecular complexity index is 849. The largest absolute Gasteiger partial charge is 0.452 e. The van der Waals surface area contributed by atoms with Crippen molar-refractivity contribution in [2.75, 3.05) is 5.32 Å². The summed E-state index contributed by atoms with van der Waals surface area (Å²) in [4.78, 5) is 36.5. The van der Waals surface area contributed by atoms with Gasteiger partial charge in [0.05, 0.1) is 6.42 Å². The van der Waals surface area contributed by atoms with Crippen molar-refractivity contribution in [1.29, 1.82) is 0 Å². The van der Waals surface area contributed by atoms with Crippen LogP contribution in [-0.4, -0.2) is 29.9 Å². The molecule has 0 heterocycles. The summed E-state index contributed by atoms with van der Waals surface area (Å²) < 4.78 is 5.20. The number of amides is 2. The Morgan fingerprint density at radius 3 is 2.32 bits per heavy atom. The maximum absolute atomic E-state index is 12.3. The van der Waals surface area contributed by atoms with Crippen LogP contribution in [0.15, 0.2) is 48.5 Å². The van der Waals surface area contributed by atoms with Crippen LogP contribution >= 0.6 is 0 Å². The molecule has 0 aromatic heterocycles. The van der Waals surface area contributed by atoms with Crippen LogP contribution in [0.3, 0.4) is 0 Å². The molecule has 2 rings (SSSR count). The number of rotatable bonds is 7. The number of hydrogen-bond donors (Lipinski definition) is 2. The smallest absolute Gasteiger partial charge is 0.308 e. The molecule has 2 N–H and O–H groups in total. The summed E-state index contributed by atoms with van der Waals surface area (Å²) in [6.45, 7) is 7.10. The summed E-state index contributed by atoms with van der Waals surface area (Å²) in [7, 11) is 0. The molecule has 0 radical (unpaired) electrons. The molecule has 28 heavy (non-hydrogen) atoms. The molecule has 2 aromatic carbocycles. The molecule has 0 aliphatic carbocycles. The van der Waals surface area contributed by atoms with Crippen LogP contribution in [0.1, 0.15) is 41.8 Å². The molecule has 2 atom stereocenters. The predicted molar refractivity (Wildman–Crippen MR) is 108 cm³/mol. The van der Waals surface area contributed by atoms with Crippen LogP contribution in [0.25, 0.3) is 0 Å². The Hall–Kier alpha value is -3.15. The summed E-state index contributed by atoms with van der Waals surface area (Å²) in [5, 5.41) is 5.51. The standard InChI is InChI=1S/C22H26N2O4/c1-14-10-11-19(15(2)12-14)24-21(26)17(4)28-20(25)13-16(3)23-22(27)18-8-6-5-7-9-18/h5-12,16-17H,13H2,1-4H3,(H,23,27)(H,24,26). The van der Waals surface area contributed by atoms with Crippen molar-refractivity contribution >= 4 is 23.5 Å². The second-order valence-corrected chi connectivity index (χ2v) is 6.88. The average molecular weight is 382 g/mol. The number of carbonyl (C=O) groups is 3. The fourth-order valence-corrected chi connectivity index (χ4v) is 2.68. The summed E-state index contributed by atoms with van der Waals surface area (Å²) in [6.07, 6.45) is -0.968. The predicted octanol–water partition coefficient (Wildman–Crippen LogP) is 3.38. The van der Waals surface area contributed by atoms with Gasteiger partial charge in [-0.05, 0) is 51.5 Å². The van der Waals surface area contributed by atoms with Crippen molar-refractivity contribution in [2.24, 2.45) is 0 Å². The lowest BCUT2D eigenvalue weighted by atomic mass is 10.1. The zero-order chi connectivity index (χ0) is 20.7. The molecule has 0 aliphatic heterocycles. The van der Waals surface area contributed by atoms with Gasteiger partial charge in [0.25, 0.3) is 11.8 Å². The summed E-state index contributed by atoms with van der Waals surface area (Å²) in [5.74, 6) is -1.22. The molecule has 0 spiro atoms. The van der Waals surface area contributed by atoms with Gasteiger partial charge in [-0.1, -0.05) is 35.9 Å². The fraction of sp³-hybridized carbons (Fsp3) is 0.318. The molecule has 6 heteroatoms. The van der Waals surface area contributed by atoms with Gasteiger partial charge in [0.15, 0.2) is 6.10 Å². The second kappa shape index (κ2) is 9.69. The van der Waals surface area contributed by atoms with Gasteiger partial charge in [0.1, 0.15) is 0 Å². The minimum atomic E-state index is -0.940. The Labute approximate surface area is 165 Å². The van der Waals surface area contributed by atoms with E-state index in [1.54, 1.807) is 31.2 Å². The molecule has 2 amide bonds. The Kier molecular flexibility index (Phi) is 7.32. The maximum Gasteiger partial charge on any atom is 0.308 e. The van der Waals surface area contributed by atoms with Crippen LogP contribution in [-0.2, 0) is 14.3 Å². The zero-order valence-corrected chi connectivity index (χ0v) is 16.6. The van der Waals surface area contributed by atoms with Crippen molar-refractivity contribution < 1.29 is 19.1 Å². The number of esters is 1. The Morgan fingerprint density at radius 2 is 1.68 bits per heavy atom.